The van der Waals surface area contributed by atoms with Crippen LogP contribution in [0.3, 0.4) is 0 Å². The topological polar surface area (TPSA) is 56.8 Å². The molecule has 2 aromatic heterocycles. The highest BCUT2D eigenvalue weighted by molar-refractivity contribution is 7.21. The lowest BCUT2D eigenvalue weighted by Crippen LogP contribution is -2.64. The second kappa shape index (κ2) is 8.53. The Morgan fingerprint density at radius 2 is 1.79 bits per heavy atom. The molecule has 0 N–H and O–H groups in total. The molecule has 0 spiro atoms. The molecule has 0 atom stereocenters. The van der Waals surface area contributed by atoms with Crippen molar-refractivity contribution in [2.75, 3.05) is 39.3 Å². The number of rotatable bonds is 3. The summed E-state index contributed by atoms with van der Waals surface area (Å²) in [7, 11) is 0. The predicted octanol–water partition coefficient (Wildman–Crippen LogP) is 4.31. The Bertz CT molecular complexity index is 1200. The van der Waals surface area contributed by atoms with E-state index in [4.69, 9.17) is 11.6 Å². The predicted molar refractivity (Wildman–Crippen MR) is 121 cm³/mol. The van der Waals surface area contributed by atoms with Crippen LogP contribution in [0.5, 0.6) is 0 Å². The number of halogens is 4. The van der Waals surface area contributed by atoms with Gasteiger partial charge >= 0.3 is 6.18 Å². The molecule has 12 heteroatoms. The molecule has 6 nitrogen and oxygen atoms in total. The maximum atomic E-state index is 13.0. The number of aromatic nitrogens is 1. The van der Waals surface area contributed by atoms with Gasteiger partial charge in [-0.15, -0.1) is 22.7 Å². The second-order valence-corrected chi connectivity index (χ2v) is 10.2. The van der Waals surface area contributed by atoms with Crippen LogP contribution < -0.4 is 0 Å². The molecule has 174 valence electrons. The average Bonchev–Trinajstić information content (AvgIpc) is 3.40. The second-order valence-electron chi connectivity index (χ2n) is 8.02. The molecule has 2 fully saturated rings. The van der Waals surface area contributed by atoms with E-state index in [-0.39, 0.29) is 27.8 Å². The molecule has 2 aliphatic rings. The van der Waals surface area contributed by atoms with Gasteiger partial charge in [0.25, 0.3) is 11.8 Å². The first-order chi connectivity index (χ1) is 15.7. The fraction of sp³-hybridized carbons (Fsp3) is 0.381. The van der Waals surface area contributed by atoms with Crippen LogP contribution in [0.25, 0.3) is 10.1 Å². The summed E-state index contributed by atoms with van der Waals surface area (Å²) in [4.78, 5) is 35.4. The molecule has 0 saturated carbocycles. The minimum absolute atomic E-state index is 0.0607. The molecule has 0 unspecified atom stereocenters. The molecule has 33 heavy (non-hydrogen) atoms. The first-order valence-electron chi connectivity index (χ1n) is 10.2. The average molecular weight is 515 g/mol. The fourth-order valence-electron chi connectivity index (χ4n) is 4.15. The minimum Gasteiger partial charge on any atom is -0.335 e. The van der Waals surface area contributed by atoms with Gasteiger partial charge in [-0.3, -0.25) is 14.5 Å². The number of fused-ring (bicyclic) bond motifs is 1. The summed E-state index contributed by atoms with van der Waals surface area (Å²) in [5.41, 5.74) is 1.35. The highest BCUT2D eigenvalue weighted by Crippen LogP contribution is 2.40. The molecule has 0 bridgehead atoms. The van der Waals surface area contributed by atoms with Crippen molar-refractivity contribution in [1.29, 1.82) is 0 Å². The summed E-state index contributed by atoms with van der Waals surface area (Å²) in [6.45, 7) is 3.68. The van der Waals surface area contributed by atoms with Crippen LogP contribution in [0.15, 0.2) is 29.1 Å². The molecule has 5 rings (SSSR count). The van der Waals surface area contributed by atoms with E-state index >= 15 is 0 Å². The summed E-state index contributed by atoms with van der Waals surface area (Å²) < 4.78 is 39.3. The van der Waals surface area contributed by atoms with Gasteiger partial charge in [-0.1, -0.05) is 17.7 Å². The number of carbonyl (C=O) groups is 2. The van der Waals surface area contributed by atoms with Crippen molar-refractivity contribution in [3.05, 3.63) is 50.2 Å². The van der Waals surface area contributed by atoms with Gasteiger partial charge in [-0.05, 0) is 12.1 Å². The van der Waals surface area contributed by atoms with Crippen molar-refractivity contribution in [3.8, 4) is 0 Å². The number of amides is 2. The van der Waals surface area contributed by atoms with E-state index in [1.165, 1.54) is 17.4 Å². The number of hydrogen-bond donors (Lipinski definition) is 0. The first kappa shape index (κ1) is 22.6. The lowest BCUT2D eigenvalue weighted by Gasteiger charge is -2.48. The number of piperazine rings is 1. The molecule has 0 aliphatic carbocycles. The van der Waals surface area contributed by atoms with Crippen LogP contribution in [0.4, 0.5) is 13.2 Å². The standard InChI is InChI=1S/C21H18ClF3N4O2S2/c22-17-14-2-1-12(21(23,24)25)7-16(14)33-18(17)20(31)29-8-13(9-29)27-3-5-28(6-4-27)19(30)15-10-32-11-26-15/h1-2,7,10-11,13H,3-6,8-9H2. The van der Waals surface area contributed by atoms with Crippen LogP contribution in [0.1, 0.15) is 25.7 Å². The van der Waals surface area contributed by atoms with E-state index in [0.29, 0.717) is 55.0 Å². The van der Waals surface area contributed by atoms with Gasteiger partial charge in [-0.25, -0.2) is 4.98 Å². The number of alkyl halides is 3. The maximum Gasteiger partial charge on any atom is 0.416 e. The Labute approximate surface area is 200 Å². The van der Waals surface area contributed by atoms with Crippen molar-refractivity contribution in [1.82, 2.24) is 19.7 Å². The van der Waals surface area contributed by atoms with E-state index in [9.17, 15) is 22.8 Å². The van der Waals surface area contributed by atoms with Crippen molar-refractivity contribution in [2.24, 2.45) is 0 Å². The molecule has 2 amide bonds. The summed E-state index contributed by atoms with van der Waals surface area (Å²) in [5.74, 6) is -0.322. The number of hydrogen-bond acceptors (Lipinski definition) is 6. The lowest BCUT2D eigenvalue weighted by molar-refractivity contribution is -0.137. The molecule has 4 heterocycles. The zero-order valence-corrected chi connectivity index (χ0v) is 19.5. The first-order valence-corrected chi connectivity index (χ1v) is 12.4. The Balaban J connectivity index is 1.19. The highest BCUT2D eigenvalue weighted by Gasteiger charge is 2.38. The summed E-state index contributed by atoms with van der Waals surface area (Å²) in [5, 5.41) is 2.40. The Morgan fingerprint density at radius 1 is 1.06 bits per heavy atom. The molecule has 3 aromatic rings. The number of thiophene rings is 1. The molecule has 1 aromatic carbocycles. The van der Waals surface area contributed by atoms with Gasteiger partial charge in [0.1, 0.15) is 10.6 Å². The third kappa shape index (κ3) is 4.23. The van der Waals surface area contributed by atoms with Crippen molar-refractivity contribution < 1.29 is 22.8 Å². The summed E-state index contributed by atoms with van der Waals surface area (Å²) in [6, 6.07) is 3.52. The Morgan fingerprint density at radius 3 is 2.42 bits per heavy atom. The van der Waals surface area contributed by atoms with Gasteiger partial charge < -0.3 is 9.80 Å². The van der Waals surface area contributed by atoms with Gasteiger partial charge in [0.05, 0.1) is 16.1 Å². The van der Waals surface area contributed by atoms with Crippen molar-refractivity contribution in [2.45, 2.75) is 12.2 Å². The van der Waals surface area contributed by atoms with Gasteiger partial charge in [-0.2, -0.15) is 13.2 Å². The van der Waals surface area contributed by atoms with Crippen LogP contribution in [-0.4, -0.2) is 76.8 Å². The Hall–Kier alpha value is -2.21. The van der Waals surface area contributed by atoms with E-state index in [2.05, 4.69) is 9.88 Å². The van der Waals surface area contributed by atoms with Gasteiger partial charge in [0, 0.05) is 60.8 Å². The van der Waals surface area contributed by atoms with Crippen LogP contribution >= 0.6 is 34.3 Å². The quantitative estimate of drug-likeness (QED) is 0.522. The highest BCUT2D eigenvalue weighted by atomic mass is 35.5. The zero-order chi connectivity index (χ0) is 23.3. The van der Waals surface area contributed by atoms with Crippen LogP contribution in [-0.2, 0) is 6.18 Å². The van der Waals surface area contributed by atoms with E-state index in [0.717, 1.165) is 23.5 Å². The normalized spacial score (nSPS) is 18.1. The summed E-state index contributed by atoms with van der Waals surface area (Å²) in [6.07, 6.45) is -4.45. The SMILES string of the molecule is O=C(c1cscn1)N1CCN(C2CN(C(=O)c3sc4cc(C(F)(F)F)ccc4c3Cl)C2)CC1. The van der Waals surface area contributed by atoms with E-state index < -0.39 is 11.7 Å². The van der Waals surface area contributed by atoms with Crippen LogP contribution in [0, 0.1) is 0 Å². The number of benzene rings is 1. The minimum atomic E-state index is -4.45. The summed E-state index contributed by atoms with van der Waals surface area (Å²) >= 11 is 8.73. The van der Waals surface area contributed by atoms with Crippen molar-refractivity contribution in [3.63, 3.8) is 0 Å². The van der Waals surface area contributed by atoms with Crippen LogP contribution in [0.2, 0.25) is 5.02 Å². The maximum absolute atomic E-state index is 13.0. The van der Waals surface area contributed by atoms with E-state index in [1.807, 2.05) is 0 Å². The molecular formula is C21H18ClF3N4O2S2. The lowest BCUT2D eigenvalue weighted by atomic mass is 10.1. The third-order valence-corrected chi connectivity index (χ3v) is 8.30. The molecular weight excluding hydrogens is 497 g/mol. The third-order valence-electron chi connectivity index (χ3n) is 6.07. The number of nitrogens with zero attached hydrogens (tertiary/aromatic N) is 4. The smallest absolute Gasteiger partial charge is 0.335 e. The van der Waals surface area contributed by atoms with Crippen molar-refractivity contribution >= 4 is 56.2 Å². The monoisotopic (exact) mass is 514 g/mol. The Kier molecular flexibility index (Phi) is 5.84. The number of likely N-dealkylation sites (tertiary alicyclic amines) is 1. The molecule has 0 radical (unpaired) electrons. The fourth-order valence-corrected chi connectivity index (χ4v) is 6.19. The molecule has 2 aliphatic heterocycles. The van der Waals surface area contributed by atoms with Gasteiger partial charge in [0.2, 0.25) is 0 Å². The van der Waals surface area contributed by atoms with Gasteiger partial charge in [0.15, 0.2) is 0 Å². The van der Waals surface area contributed by atoms with E-state index in [1.54, 1.807) is 20.7 Å². The molecule has 2 saturated heterocycles. The largest absolute Gasteiger partial charge is 0.416 e. The number of thiazole rings is 1. The zero-order valence-electron chi connectivity index (χ0n) is 17.1. The number of carbonyl (C=O) groups excluding carboxylic acids is 2.